The van der Waals surface area contributed by atoms with Crippen molar-refractivity contribution in [3.63, 3.8) is 0 Å². The fourth-order valence-corrected chi connectivity index (χ4v) is 2.43. The van der Waals surface area contributed by atoms with E-state index in [1.165, 1.54) is 0 Å². The van der Waals surface area contributed by atoms with Crippen molar-refractivity contribution in [1.82, 2.24) is 0 Å². The zero-order chi connectivity index (χ0) is 11.6. The summed E-state index contributed by atoms with van der Waals surface area (Å²) in [5, 5.41) is 17.3. The number of alkyl halides is 1. The molecule has 2 aliphatic carbocycles. The number of hydrogen-bond donors (Lipinski definition) is 3. The first kappa shape index (κ1) is 10.0. The van der Waals surface area contributed by atoms with Gasteiger partial charge in [0.2, 0.25) is 5.67 Å². The number of halogens is 1. The first-order valence-corrected chi connectivity index (χ1v) is 4.23. The number of hydrogen-bond acceptors (Lipinski definition) is 4. The minimum absolute atomic E-state index is 0.503. The molecule has 0 saturated heterocycles. The maximum atomic E-state index is 13.7. The van der Waals surface area contributed by atoms with Crippen molar-refractivity contribution in [2.24, 2.45) is 17.6 Å². The Hall–Kier alpha value is -1.50. The Morgan fingerprint density at radius 1 is 1.40 bits per heavy atom. The van der Waals surface area contributed by atoms with E-state index in [0.717, 1.165) is 0 Å². The standard InChI is InChI=1S/C8H8FNO5/c9-8(6(14)15)3-2(11)1-7(10,4(3)8)5(12)13/h3-4H,1,10H2,(H,12,13)(H,14,15)/t3-,4+,7-,8-/m1/s1. The Kier molecular flexibility index (Phi) is 1.57. The van der Waals surface area contributed by atoms with E-state index in [1.54, 1.807) is 0 Å². The van der Waals surface area contributed by atoms with Crippen LogP contribution in [0.4, 0.5) is 4.39 Å². The molecule has 2 fully saturated rings. The molecule has 0 aromatic carbocycles. The van der Waals surface area contributed by atoms with Crippen molar-refractivity contribution in [3.05, 3.63) is 0 Å². The summed E-state index contributed by atoms with van der Waals surface area (Å²) in [6.45, 7) is 0. The van der Waals surface area contributed by atoms with Crippen LogP contribution in [-0.2, 0) is 14.4 Å². The molecule has 82 valence electrons. The first-order valence-electron chi connectivity index (χ1n) is 4.23. The first-order chi connectivity index (χ1) is 6.76. The van der Waals surface area contributed by atoms with E-state index in [9.17, 15) is 18.8 Å². The van der Waals surface area contributed by atoms with Crippen molar-refractivity contribution < 1.29 is 29.0 Å². The second-order valence-electron chi connectivity index (χ2n) is 4.02. The summed E-state index contributed by atoms with van der Waals surface area (Å²) in [6.07, 6.45) is -0.503. The van der Waals surface area contributed by atoms with Gasteiger partial charge in [-0.15, -0.1) is 0 Å². The molecule has 0 aliphatic heterocycles. The van der Waals surface area contributed by atoms with Gasteiger partial charge >= 0.3 is 11.9 Å². The average Bonchev–Trinajstić information content (AvgIpc) is 2.63. The molecule has 2 aliphatic rings. The van der Waals surface area contributed by atoms with Gasteiger partial charge in [-0.2, -0.15) is 0 Å². The molecule has 0 aromatic rings. The number of nitrogens with two attached hydrogens (primary N) is 1. The van der Waals surface area contributed by atoms with Gasteiger partial charge in [0, 0.05) is 12.3 Å². The molecular formula is C8H8FNO5. The summed E-state index contributed by atoms with van der Waals surface area (Å²) in [6, 6.07) is 0. The molecule has 6 nitrogen and oxygen atoms in total. The Morgan fingerprint density at radius 3 is 2.27 bits per heavy atom. The number of aliphatic carboxylic acids is 2. The van der Waals surface area contributed by atoms with E-state index in [0.29, 0.717) is 0 Å². The van der Waals surface area contributed by atoms with Crippen LogP contribution in [0.15, 0.2) is 0 Å². The molecule has 7 heteroatoms. The SMILES string of the molecule is N[C@]1(C(=O)O)CC(=O)[C@@H]2[C@@H]1[C@@]2(F)C(=O)O. The quantitative estimate of drug-likeness (QED) is 0.533. The summed E-state index contributed by atoms with van der Waals surface area (Å²) in [7, 11) is 0. The predicted octanol–water partition coefficient (Wildman–Crippen LogP) is -1.22. The zero-order valence-electron chi connectivity index (χ0n) is 7.44. The Labute approximate surface area is 82.9 Å². The second kappa shape index (κ2) is 2.35. The minimum atomic E-state index is -2.79. The number of rotatable bonds is 2. The molecule has 0 heterocycles. The minimum Gasteiger partial charge on any atom is -0.480 e. The van der Waals surface area contributed by atoms with E-state index in [1.807, 2.05) is 0 Å². The number of carboxylic acid groups (broad SMARTS) is 2. The highest BCUT2D eigenvalue weighted by molar-refractivity contribution is 6.06. The molecule has 2 rings (SSSR count). The van der Waals surface area contributed by atoms with Crippen molar-refractivity contribution >= 4 is 17.7 Å². The van der Waals surface area contributed by atoms with E-state index < -0.39 is 47.2 Å². The molecule has 4 N–H and O–H groups in total. The van der Waals surface area contributed by atoms with Gasteiger partial charge in [-0.3, -0.25) is 9.59 Å². The molecule has 0 aromatic heterocycles. The van der Waals surface area contributed by atoms with Gasteiger partial charge in [-0.1, -0.05) is 0 Å². The molecule has 0 radical (unpaired) electrons. The molecule has 0 amide bonds. The van der Waals surface area contributed by atoms with Gasteiger partial charge in [0.15, 0.2) is 0 Å². The van der Waals surface area contributed by atoms with Crippen molar-refractivity contribution in [2.45, 2.75) is 17.6 Å². The van der Waals surface area contributed by atoms with Gasteiger partial charge in [0.25, 0.3) is 0 Å². The van der Waals surface area contributed by atoms with E-state index in [2.05, 4.69) is 0 Å². The lowest BCUT2D eigenvalue weighted by molar-refractivity contribution is -0.151. The second-order valence-corrected chi connectivity index (χ2v) is 4.02. The number of Topliss-reactive ketones (excluding diaryl/α,β-unsaturated/α-hetero) is 1. The van der Waals surface area contributed by atoms with E-state index in [-0.39, 0.29) is 0 Å². The predicted molar refractivity (Wildman–Crippen MR) is 42.6 cm³/mol. The third kappa shape index (κ3) is 0.883. The van der Waals surface area contributed by atoms with Crippen LogP contribution in [0.1, 0.15) is 6.42 Å². The Morgan fingerprint density at radius 2 is 1.93 bits per heavy atom. The van der Waals surface area contributed by atoms with Crippen molar-refractivity contribution in [1.29, 1.82) is 0 Å². The summed E-state index contributed by atoms with van der Waals surface area (Å²) in [5.74, 6) is -6.91. The topological polar surface area (TPSA) is 118 Å². The highest BCUT2D eigenvalue weighted by Crippen LogP contribution is 2.64. The highest BCUT2D eigenvalue weighted by Gasteiger charge is 2.85. The highest BCUT2D eigenvalue weighted by atomic mass is 19.1. The van der Waals surface area contributed by atoms with Gasteiger partial charge in [-0.25, -0.2) is 9.18 Å². The number of fused-ring (bicyclic) bond motifs is 1. The van der Waals surface area contributed by atoms with Crippen LogP contribution in [-0.4, -0.2) is 39.1 Å². The summed E-state index contributed by atoms with van der Waals surface area (Å²) >= 11 is 0. The van der Waals surface area contributed by atoms with Gasteiger partial charge in [-0.05, 0) is 0 Å². The number of carbonyl (C=O) groups is 3. The van der Waals surface area contributed by atoms with Crippen LogP contribution in [0.5, 0.6) is 0 Å². The lowest BCUT2D eigenvalue weighted by Gasteiger charge is -2.21. The van der Waals surface area contributed by atoms with Crippen LogP contribution < -0.4 is 5.73 Å². The number of carbonyl (C=O) groups excluding carboxylic acids is 1. The van der Waals surface area contributed by atoms with E-state index >= 15 is 0 Å². The van der Waals surface area contributed by atoms with Crippen molar-refractivity contribution in [3.8, 4) is 0 Å². The largest absolute Gasteiger partial charge is 0.480 e. The summed E-state index contributed by atoms with van der Waals surface area (Å²) in [4.78, 5) is 32.6. The Balaban J connectivity index is 2.42. The third-order valence-corrected chi connectivity index (χ3v) is 3.22. The number of carboxylic acids is 2. The van der Waals surface area contributed by atoms with Crippen LogP contribution in [0.2, 0.25) is 0 Å². The molecule has 4 atom stereocenters. The van der Waals surface area contributed by atoms with Crippen molar-refractivity contribution in [2.75, 3.05) is 0 Å². The van der Waals surface area contributed by atoms with Crippen LogP contribution >= 0.6 is 0 Å². The Bertz CT molecular complexity index is 396. The summed E-state index contributed by atoms with van der Waals surface area (Å²) in [5.41, 5.74) is 0.503. The maximum absolute atomic E-state index is 13.7. The van der Waals surface area contributed by atoms with E-state index in [4.69, 9.17) is 15.9 Å². The summed E-state index contributed by atoms with van der Waals surface area (Å²) < 4.78 is 13.7. The van der Waals surface area contributed by atoms with Gasteiger partial charge < -0.3 is 15.9 Å². The zero-order valence-corrected chi connectivity index (χ0v) is 7.44. The number of ketones is 1. The molecule has 15 heavy (non-hydrogen) atoms. The van der Waals surface area contributed by atoms with Crippen LogP contribution in [0.25, 0.3) is 0 Å². The molecule has 0 unspecified atom stereocenters. The van der Waals surface area contributed by atoms with Gasteiger partial charge in [0.1, 0.15) is 11.3 Å². The maximum Gasteiger partial charge on any atom is 0.342 e. The third-order valence-electron chi connectivity index (χ3n) is 3.22. The van der Waals surface area contributed by atoms with Crippen LogP contribution in [0.3, 0.4) is 0 Å². The fraction of sp³-hybridized carbons (Fsp3) is 0.625. The van der Waals surface area contributed by atoms with Gasteiger partial charge in [0.05, 0.1) is 5.92 Å². The fourth-order valence-electron chi connectivity index (χ4n) is 2.43. The molecule has 0 spiro atoms. The smallest absolute Gasteiger partial charge is 0.342 e. The monoisotopic (exact) mass is 217 g/mol. The molecular weight excluding hydrogens is 209 g/mol. The lowest BCUT2D eigenvalue weighted by Crippen LogP contribution is -2.52. The normalized spacial score (nSPS) is 47.5. The average molecular weight is 217 g/mol. The van der Waals surface area contributed by atoms with Crippen LogP contribution in [0, 0.1) is 11.8 Å². The molecule has 0 bridgehead atoms. The molecule has 2 saturated carbocycles. The lowest BCUT2D eigenvalue weighted by atomic mass is 9.90.